The quantitative estimate of drug-likeness (QED) is 0.670. The Labute approximate surface area is 155 Å². The molecule has 0 saturated heterocycles. The van der Waals surface area contributed by atoms with Crippen LogP contribution in [0.5, 0.6) is 0 Å². The standard InChI is InChI=1S/C18H19N5O2S/c1-13(24)21-16(17-7-4-8-26-17)9-18(25)22-15-6-3-2-5-14(15)10-23-12-19-11-20-23/h2-8,11-12,16H,9-10H2,1H3,(H,21,24)(H,22,25). The molecule has 7 nitrogen and oxygen atoms in total. The number of nitrogens with zero attached hydrogens (tertiary/aromatic N) is 3. The minimum atomic E-state index is -0.338. The molecule has 0 aliphatic heterocycles. The summed E-state index contributed by atoms with van der Waals surface area (Å²) >= 11 is 1.51. The van der Waals surface area contributed by atoms with Gasteiger partial charge in [-0.15, -0.1) is 11.3 Å². The second-order valence-electron chi connectivity index (χ2n) is 5.77. The smallest absolute Gasteiger partial charge is 0.226 e. The van der Waals surface area contributed by atoms with Crippen LogP contribution < -0.4 is 10.6 Å². The molecule has 3 aromatic rings. The number of benzene rings is 1. The molecule has 2 amide bonds. The van der Waals surface area contributed by atoms with Gasteiger partial charge in [-0.05, 0) is 23.1 Å². The summed E-state index contributed by atoms with van der Waals surface area (Å²) in [5.74, 6) is -0.328. The van der Waals surface area contributed by atoms with Crippen molar-refractivity contribution in [1.82, 2.24) is 20.1 Å². The van der Waals surface area contributed by atoms with Crippen LogP contribution in [0, 0.1) is 0 Å². The highest BCUT2D eigenvalue weighted by molar-refractivity contribution is 7.10. The first-order valence-electron chi connectivity index (χ1n) is 8.12. The average molecular weight is 369 g/mol. The lowest BCUT2D eigenvalue weighted by atomic mass is 10.1. The van der Waals surface area contributed by atoms with E-state index in [4.69, 9.17) is 0 Å². The van der Waals surface area contributed by atoms with Crippen LogP contribution in [0.15, 0.2) is 54.4 Å². The average Bonchev–Trinajstić information content (AvgIpc) is 3.29. The number of carbonyl (C=O) groups is 2. The van der Waals surface area contributed by atoms with Crippen LogP contribution >= 0.6 is 11.3 Å². The van der Waals surface area contributed by atoms with Gasteiger partial charge in [0.15, 0.2) is 0 Å². The zero-order valence-electron chi connectivity index (χ0n) is 14.3. The Morgan fingerprint density at radius 1 is 1.23 bits per heavy atom. The molecule has 2 N–H and O–H groups in total. The molecule has 1 aromatic carbocycles. The molecule has 1 atom stereocenters. The molecule has 0 spiro atoms. The molecule has 1 unspecified atom stereocenters. The predicted octanol–water partition coefficient (Wildman–Crippen LogP) is 2.59. The van der Waals surface area contributed by atoms with Crippen molar-refractivity contribution in [2.24, 2.45) is 0 Å². The van der Waals surface area contributed by atoms with E-state index in [1.165, 1.54) is 24.6 Å². The molecular weight excluding hydrogens is 350 g/mol. The first-order chi connectivity index (χ1) is 12.6. The zero-order valence-corrected chi connectivity index (χ0v) is 15.1. The molecule has 0 aliphatic rings. The summed E-state index contributed by atoms with van der Waals surface area (Å²) in [6.07, 6.45) is 3.26. The largest absolute Gasteiger partial charge is 0.348 e. The third-order valence-corrected chi connectivity index (χ3v) is 4.73. The van der Waals surface area contributed by atoms with Crippen molar-refractivity contribution in [3.8, 4) is 0 Å². The molecule has 0 bridgehead atoms. The summed E-state index contributed by atoms with van der Waals surface area (Å²) < 4.78 is 1.69. The second kappa shape index (κ2) is 8.39. The van der Waals surface area contributed by atoms with Gasteiger partial charge in [0.25, 0.3) is 0 Å². The van der Waals surface area contributed by atoms with Crippen molar-refractivity contribution in [2.75, 3.05) is 5.32 Å². The fourth-order valence-corrected chi connectivity index (χ4v) is 3.39. The summed E-state index contributed by atoms with van der Waals surface area (Å²) in [6, 6.07) is 11.0. The number of thiophene rings is 1. The zero-order chi connectivity index (χ0) is 18.4. The third kappa shape index (κ3) is 4.76. The van der Waals surface area contributed by atoms with E-state index >= 15 is 0 Å². The molecule has 0 radical (unpaired) electrons. The lowest BCUT2D eigenvalue weighted by Gasteiger charge is -2.17. The van der Waals surface area contributed by atoms with Crippen LogP contribution in [0.1, 0.15) is 29.8 Å². The molecule has 0 aliphatic carbocycles. The van der Waals surface area contributed by atoms with Crippen LogP contribution in [-0.2, 0) is 16.1 Å². The molecule has 0 saturated carbocycles. The van der Waals surface area contributed by atoms with Gasteiger partial charge in [-0.2, -0.15) is 5.10 Å². The lowest BCUT2D eigenvalue weighted by Crippen LogP contribution is -2.29. The highest BCUT2D eigenvalue weighted by Crippen LogP contribution is 2.23. The molecule has 0 fully saturated rings. The molecule has 26 heavy (non-hydrogen) atoms. The summed E-state index contributed by atoms with van der Waals surface area (Å²) in [4.78, 5) is 28.9. The van der Waals surface area contributed by atoms with Gasteiger partial charge < -0.3 is 10.6 Å². The topological polar surface area (TPSA) is 88.9 Å². The first-order valence-corrected chi connectivity index (χ1v) is 9.00. The number of carbonyl (C=O) groups excluding carboxylic acids is 2. The minimum Gasteiger partial charge on any atom is -0.348 e. The van der Waals surface area contributed by atoms with Gasteiger partial charge in [0.2, 0.25) is 11.8 Å². The van der Waals surface area contributed by atoms with E-state index in [9.17, 15) is 9.59 Å². The van der Waals surface area contributed by atoms with Crippen LogP contribution in [0.3, 0.4) is 0 Å². The van der Waals surface area contributed by atoms with Crippen molar-refractivity contribution in [3.63, 3.8) is 0 Å². The van der Waals surface area contributed by atoms with E-state index in [0.717, 1.165) is 16.1 Å². The number of amides is 2. The third-order valence-electron chi connectivity index (χ3n) is 3.74. The number of rotatable bonds is 7. The van der Waals surface area contributed by atoms with Crippen molar-refractivity contribution in [1.29, 1.82) is 0 Å². The Morgan fingerprint density at radius 3 is 2.77 bits per heavy atom. The molecule has 134 valence electrons. The van der Waals surface area contributed by atoms with E-state index in [-0.39, 0.29) is 24.3 Å². The fraction of sp³-hybridized carbons (Fsp3) is 0.222. The predicted molar refractivity (Wildman–Crippen MR) is 99.7 cm³/mol. The van der Waals surface area contributed by atoms with Gasteiger partial charge in [-0.1, -0.05) is 24.3 Å². The van der Waals surface area contributed by atoms with Crippen LogP contribution in [0.2, 0.25) is 0 Å². The Hall–Kier alpha value is -3.00. The van der Waals surface area contributed by atoms with Gasteiger partial charge in [-0.25, -0.2) is 9.67 Å². The van der Waals surface area contributed by atoms with E-state index < -0.39 is 0 Å². The van der Waals surface area contributed by atoms with Crippen LogP contribution in [0.4, 0.5) is 5.69 Å². The molecule has 8 heteroatoms. The summed E-state index contributed by atoms with van der Waals surface area (Å²) in [5.41, 5.74) is 1.65. The highest BCUT2D eigenvalue weighted by atomic mass is 32.1. The van der Waals surface area contributed by atoms with Crippen LogP contribution in [-0.4, -0.2) is 26.6 Å². The van der Waals surface area contributed by atoms with Gasteiger partial charge in [0.1, 0.15) is 12.7 Å². The van der Waals surface area contributed by atoms with Gasteiger partial charge in [-0.3, -0.25) is 9.59 Å². The molecule has 3 rings (SSSR count). The van der Waals surface area contributed by atoms with E-state index in [1.54, 1.807) is 11.0 Å². The monoisotopic (exact) mass is 369 g/mol. The van der Waals surface area contributed by atoms with E-state index in [2.05, 4.69) is 20.7 Å². The summed E-state index contributed by atoms with van der Waals surface area (Å²) in [7, 11) is 0. The highest BCUT2D eigenvalue weighted by Gasteiger charge is 2.18. The number of hydrogen-bond acceptors (Lipinski definition) is 5. The number of nitrogens with one attached hydrogen (secondary N) is 2. The Morgan fingerprint density at radius 2 is 2.08 bits per heavy atom. The molecular formula is C18H19N5O2S. The van der Waals surface area contributed by atoms with Crippen molar-refractivity contribution in [3.05, 3.63) is 64.9 Å². The maximum absolute atomic E-state index is 12.6. The number of para-hydroxylation sites is 1. The summed E-state index contributed by atoms with van der Waals surface area (Å²) in [6.45, 7) is 1.96. The maximum Gasteiger partial charge on any atom is 0.226 e. The molecule has 2 aromatic heterocycles. The lowest BCUT2D eigenvalue weighted by molar-refractivity contribution is -0.120. The van der Waals surface area contributed by atoms with Crippen molar-refractivity contribution < 1.29 is 9.59 Å². The van der Waals surface area contributed by atoms with Crippen LogP contribution in [0.25, 0.3) is 0 Å². The second-order valence-corrected chi connectivity index (χ2v) is 6.75. The van der Waals surface area contributed by atoms with Crippen molar-refractivity contribution in [2.45, 2.75) is 25.9 Å². The fourth-order valence-electron chi connectivity index (χ4n) is 2.61. The first kappa shape index (κ1) is 17.8. The van der Waals surface area contributed by atoms with E-state index in [0.29, 0.717) is 6.54 Å². The normalized spacial score (nSPS) is 11.7. The SMILES string of the molecule is CC(=O)NC(CC(=O)Nc1ccccc1Cn1cncn1)c1cccs1. The maximum atomic E-state index is 12.6. The van der Waals surface area contributed by atoms with Gasteiger partial charge in [0.05, 0.1) is 19.0 Å². The Bertz CT molecular complexity index is 862. The number of aromatic nitrogens is 3. The molecule has 2 heterocycles. The van der Waals surface area contributed by atoms with Gasteiger partial charge in [0, 0.05) is 17.5 Å². The number of hydrogen-bond donors (Lipinski definition) is 2. The Balaban J connectivity index is 1.70. The van der Waals surface area contributed by atoms with Gasteiger partial charge >= 0.3 is 0 Å². The summed E-state index contributed by atoms with van der Waals surface area (Å²) in [5, 5.41) is 11.8. The Kier molecular flexibility index (Phi) is 5.75. The number of anilines is 1. The minimum absolute atomic E-state index is 0.164. The van der Waals surface area contributed by atoms with Crippen molar-refractivity contribution >= 4 is 28.8 Å². The van der Waals surface area contributed by atoms with E-state index in [1.807, 2.05) is 41.8 Å².